The molecular formula is C16H19BrN4O. The molecule has 0 aromatic carbocycles. The van der Waals surface area contributed by atoms with Gasteiger partial charge in [0, 0.05) is 29.2 Å². The minimum Gasteiger partial charge on any atom is -0.374 e. The van der Waals surface area contributed by atoms with E-state index in [2.05, 4.69) is 36.2 Å². The Hall–Kier alpha value is -1.14. The first kappa shape index (κ1) is 13.3. The van der Waals surface area contributed by atoms with Gasteiger partial charge < -0.3 is 15.0 Å². The molecule has 2 aliphatic carbocycles. The number of nitrogens with one attached hydrogen (secondary N) is 2. The first-order chi connectivity index (χ1) is 10.7. The number of pyridine rings is 1. The Bertz CT molecular complexity index is 732. The van der Waals surface area contributed by atoms with Crippen molar-refractivity contribution in [1.82, 2.24) is 15.0 Å². The highest BCUT2D eigenvalue weighted by molar-refractivity contribution is 9.10. The van der Waals surface area contributed by atoms with Gasteiger partial charge in [0.25, 0.3) is 0 Å². The molecule has 0 bridgehead atoms. The molecule has 2 aromatic heterocycles. The standard InChI is InChI=1S/C16H19BrN4O/c17-10-7-13-14(18-8-10)21-15(20-13)19-12-2-1-4-16-9(3-5-22-16)6-11(12)16/h7-9,11-12H,1-6H2,(H2,18,19,20,21). The van der Waals surface area contributed by atoms with Gasteiger partial charge in [-0.1, -0.05) is 0 Å². The van der Waals surface area contributed by atoms with Crippen molar-refractivity contribution in [2.24, 2.45) is 11.8 Å². The van der Waals surface area contributed by atoms with E-state index in [-0.39, 0.29) is 5.60 Å². The second-order valence-electron chi connectivity index (χ2n) is 6.88. The van der Waals surface area contributed by atoms with Crippen LogP contribution in [0.3, 0.4) is 0 Å². The summed E-state index contributed by atoms with van der Waals surface area (Å²) in [6, 6.07) is 2.48. The van der Waals surface area contributed by atoms with Crippen molar-refractivity contribution in [3.63, 3.8) is 0 Å². The van der Waals surface area contributed by atoms with Gasteiger partial charge in [-0.2, -0.15) is 4.98 Å². The predicted molar refractivity (Wildman–Crippen MR) is 87.7 cm³/mol. The summed E-state index contributed by atoms with van der Waals surface area (Å²) >= 11 is 3.45. The molecular weight excluding hydrogens is 344 g/mol. The maximum absolute atomic E-state index is 6.20. The topological polar surface area (TPSA) is 62.8 Å². The molecule has 1 spiro atoms. The summed E-state index contributed by atoms with van der Waals surface area (Å²) in [4.78, 5) is 12.3. The van der Waals surface area contributed by atoms with Crippen LogP contribution >= 0.6 is 15.9 Å². The zero-order valence-corrected chi connectivity index (χ0v) is 13.9. The van der Waals surface area contributed by atoms with Crippen molar-refractivity contribution in [1.29, 1.82) is 0 Å². The summed E-state index contributed by atoms with van der Waals surface area (Å²) in [6.07, 6.45) is 8.04. The summed E-state index contributed by atoms with van der Waals surface area (Å²) in [5, 5.41) is 3.63. The number of imidazole rings is 1. The molecule has 4 atom stereocenters. The lowest BCUT2D eigenvalue weighted by Gasteiger charge is -2.57. The maximum atomic E-state index is 6.20. The lowest BCUT2D eigenvalue weighted by atomic mass is 9.53. The van der Waals surface area contributed by atoms with Crippen LogP contribution in [0.2, 0.25) is 0 Å². The van der Waals surface area contributed by atoms with Gasteiger partial charge in [-0.3, -0.25) is 0 Å². The SMILES string of the molecule is Brc1cnc2nc(NC3CCCC45OCCC4CC35)[nH]c2c1. The largest absolute Gasteiger partial charge is 0.374 e. The number of fused-ring (bicyclic) bond motifs is 1. The molecule has 116 valence electrons. The second kappa shape index (κ2) is 4.68. The van der Waals surface area contributed by atoms with Crippen molar-refractivity contribution in [3.05, 3.63) is 16.7 Å². The highest BCUT2D eigenvalue weighted by Gasteiger charge is 2.62. The van der Waals surface area contributed by atoms with Gasteiger partial charge in [0.05, 0.1) is 11.1 Å². The molecule has 6 heteroatoms. The Balaban J connectivity index is 1.40. The fourth-order valence-corrected chi connectivity index (χ4v) is 5.21. The lowest BCUT2D eigenvalue weighted by molar-refractivity contribution is -0.161. The van der Waals surface area contributed by atoms with Crippen LogP contribution in [0, 0.1) is 11.8 Å². The summed E-state index contributed by atoms with van der Waals surface area (Å²) in [5.41, 5.74) is 1.91. The minimum absolute atomic E-state index is 0.184. The highest BCUT2D eigenvalue weighted by atomic mass is 79.9. The van der Waals surface area contributed by atoms with Gasteiger partial charge in [0.2, 0.25) is 5.95 Å². The fraction of sp³-hybridized carbons (Fsp3) is 0.625. The Labute approximate surface area is 137 Å². The van der Waals surface area contributed by atoms with Gasteiger partial charge in [0.15, 0.2) is 5.65 Å². The average molecular weight is 363 g/mol. The highest BCUT2D eigenvalue weighted by Crippen LogP contribution is 2.59. The third kappa shape index (κ3) is 1.80. The fourth-order valence-electron chi connectivity index (χ4n) is 4.88. The van der Waals surface area contributed by atoms with E-state index in [0.29, 0.717) is 12.0 Å². The molecule has 3 aliphatic rings. The Kier molecular flexibility index (Phi) is 2.83. The summed E-state index contributed by atoms with van der Waals surface area (Å²) in [7, 11) is 0. The van der Waals surface area contributed by atoms with Crippen molar-refractivity contribution >= 4 is 33.0 Å². The second-order valence-corrected chi connectivity index (χ2v) is 7.80. The molecule has 2 aromatic rings. The predicted octanol–water partition coefficient (Wildman–Crippen LogP) is 3.48. The molecule has 5 nitrogen and oxygen atoms in total. The van der Waals surface area contributed by atoms with Crippen LogP contribution in [0.5, 0.6) is 0 Å². The van der Waals surface area contributed by atoms with Gasteiger partial charge in [-0.15, -0.1) is 0 Å². The number of aromatic nitrogens is 3. The lowest BCUT2D eigenvalue weighted by Crippen LogP contribution is -2.61. The first-order valence-corrected chi connectivity index (χ1v) is 8.96. The molecule has 1 saturated heterocycles. The van der Waals surface area contributed by atoms with Crippen LogP contribution < -0.4 is 5.32 Å². The third-order valence-electron chi connectivity index (χ3n) is 5.89. The average Bonchev–Trinajstić information content (AvgIpc) is 2.99. The monoisotopic (exact) mass is 362 g/mol. The van der Waals surface area contributed by atoms with Crippen molar-refractivity contribution < 1.29 is 4.74 Å². The first-order valence-electron chi connectivity index (χ1n) is 8.16. The van der Waals surface area contributed by atoms with Crippen molar-refractivity contribution in [2.45, 2.75) is 43.7 Å². The number of halogens is 1. The van der Waals surface area contributed by atoms with Gasteiger partial charge in [-0.25, -0.2) is 4.98 Å². The van der Waals surface area contributed by atoms with Crippen molar-refractivity contribution in [2.75, 3.05) is 11.9 Å². The smallest absolute Gasteiger partial charge is 0.202 e. The molecule has 5 rings (SSSR count). The van der Waals surface area contributed by atoms with Crippen LogP contribution in [0.25, 0.3) is 11.2 Å². The summed E-state index contributed by atoms with van der Waals surface area (Å²) < 4.78 is 7.16. The van der Waals surface area contributed by atoms with E-state index in [1.54, 1.807) is 6.20 Å². The molecule has 2 saturated carbocycles. The van der Waals surface area contributed by atoms with E-state index in [0.717, 1.165) is 34.1 Å². The molecule has 2 N–H and O–H groups in total. The molecule has 4 unspecified atom stereocenters. The van der Waals surface area contributed by atoms with Crippen LogP contribution in [-0.4, -0.2) is 33.2 Å². The number of hydrogen-bond acceptors (Lipinski definition) is 4. The number of nitrogens with zero attached hydrogens (tertiary/aromatic N) is 2. The maximum Gasteiger partial charge on any atom is 0.202 e. The van der Waals surface area contributed by atoms with E-state index < -0.39 is 0 Å². The zero-order valence-electron chi connectivity index (χ0n) is 12.3. The Morgan fingerprint density at radius 2 is 2.36 bits per heavy atom. The third-order valence-corrected chi connectivity index (χ3v) is 6.32. The van der Waals surface area contributed by atoms with Crippen LogP contribution in [-0.2, 0) is 4.74 Å². The Morgan fingerprint density at radius 3 is 3.27 bits per heavy atom. The molecule has 3 fully saturated rings. The number of anilines is 1. The number of hydrogen-bond donors (Lipinski definition) is 2. The Morgan fingerprint density at radius 1 is 1.41 bits per heavy atom. The summed E-state index contributed by atoms with van der Waals surface area (Å²) in [6.45, 7) is 0.955. The van der Waals surface area contributed by atoms with E-state index >= 15 is 0 Å². The van der Waals surface area contributed by atoms with Crippen molar-refractivity contribution in [3.8, 4) is 0 Å². The van der Waals surface area contributed by atoms with E-state index in [4.69, 9.17) is 4.74 Å². The van der Waals surface area contributed by atoms with Crippen LogP contribution in [0.15, 0.2) is 16.7 Å². The van der Waals surface area contributed by atoms with Gasteiger partial charge in [0.1, 0.15) is 0 Å². The van der Waals surface area contributed by atoms with E-state index in [9.17, 15) is 0 Å². The van der Waals surface area contributed by atoms with Crippen LogP contribution in [0.4, 0.5) is 5.95 Å². The quantitative estimate of drug-likeness (QED) is 0.858. The van der Waals surface area contributed by atoms with E-state index in [1.807, 2.05) is 6.07 Å². The molecule has 0 radical (unpaired) electrons. The zero-order chi connectivity index (χ0) is 14.7. The number of ether oxygens (including phenoxy) is 1. The van der Waals surface area contributed by atoms with Crippen LogP contribution in [0.1, 0.15) is 32.1 Å². The van der Waals surface area contributed by atoms with Gasteiger partial charge >= 0.3 is 0 Å². The molecule has 3 heterocycles. The molecule has 1 aliphatic heterocycles. The van der Waals surface area contributed by atoms with Gasteiger partial charge in [-0.05, 0) is 60.0 Å². The minimum atomic E-state index is 0.184. The van der Waals surface area contributed by atoms with E-state index in [1.165, 1.54) is 32.1 Å². The number of rotatable bonds is 2. The molecule has 0 amide bonds. The normalized spacial score (nSPS) is 36.7. The number of aromatic amines is 1. The summed E-state index contributed by atoms with van der Waals surface area (Å²) in [5.74, 6) is 2.28. The molecule has 22 heavy (non-hydrogen) atoms. The number of H-pyrrole nitrogens is 1.